The van der Waals surface area contributed by atoms with Crippen LogP contribution in [0.25, 0.3) is 11.1 Å². The van der Waals surface area contributed by atoms with E-state index in [4.69, 9.17) is 4.42 Å². The number of rotatable bonds is 3. The van der Waals surface area contributed by atoms with E-state index in [0.29, 0.717) is 35.6 Å². The van der Waals surface area contributed by atoms with Crippen molar-refractivity contribution < 1.29 is 14.3 Å². The maximum atomic E-state index is 13.1. The largest absolute Gasteiger partial charge is 0.441 e. The van der Waals surface area contributed by atoms with Crippen LogP contribution in [0.15, 0.2) is 35.0 Å². The van der Waals surface area contributed by atoms with Crippen LogP contribution in [0.4, 0.5) is 0 Å². The predicted octanol–water partition coefficient (Wildman–Crippen LogP) is 1.72. The number of likely N-dealkylation sites (tertiary alicyclic amines) is 1. The Labute approximate surface area is 144 Å². The van der Waals surface area contributed by atoms with Crippen LogP contribution in [0.3, 0.4) is 0 Å². The second kappa shape index (κ2) is 6.00. The van der Waals surface area contributed by atoms with E-state index >= 15 is 0 Å². The topological polar surface area (TPSA) is 84.4 Å². The van der Waals surface area contributed by atoms with E-state index in [-0.39, 0.29) is 24.3 Å². The number of aliphatic hydroxyl groups is 1. The Morgan fingerprint density at radius 3 is 2.96 bits per heavy atom. The van der Waals surface area contributed by atoms with Crippen molar-refractivity contribution in [2.75, 3.05) is 19.7 Å². The first kappa shape index (κ1) is 15.8. The molecule has 1 aromatic carbocycles. The molecule has 2 aromatic heterocycles. The normalized spacial score (nSPS) is 20.5. The zero-order valence-electron chi connectivity index (χ0n) is 14.2. The molecule has 0 unspecified atom stereocenters. The molecule has 1 fully saturated rings. The highest BCUT2D eigenvalue weighted by molar-refractivity contribution is 6.04. The average molecular weight is 340 g/mol. The number of para-hydroxylation sites is 1. The second-order valence-corrected chi connectivity index (χ2v) is 6.59. The van der Waals surface area contributed by atoms with Gasteiger partial charge >= 0.3 is 0 Å². The SMILES string of the molecule is Cc1nc2c(C(=O)N3C[C@@H](CO)[C@H](c4cnn(C)c4)C3)cccc2o1. The Hall–Kier alpha value is -2.67. The van der Waals surface area contributed by atoms with Gasteiger partial charge in [-0.05, 0) is 17.7 Å². The van der Waals surface area contributed by atoms with Gasteiger partial charge < -0.3 is 14.4 Å². The van der Waals surface area contributed by atoms with Crippen LogP contribution >= 0.6 is 0 Å². The van der Waals surface area contributed by atoms with Crippen molar-refractivity contribution in [3.05, 3.63) is 47.6 Å². The molecule has 25 heavy (non-hydrogen) atoms. The number of oxazole rings is 1. The van der Waals surface area contributed by atoms with Gasteiger partial charge in [0.2, 0.25) is 0 Å². The van der Waals surface area contributed by atoms with Crippen molar-refractivity contribution in [1.29, 1.82) is 0 Å². The molecule has 1 aliphatic rings. The fourth-order valence-electron chi connectivity index (χ4n) is 3.63. The number of hydrogen-bond donors (Lipinski definition) is 1. The van der Waals surface area contributed by atoms with Crippen LogP contribution in [0.1, 0.15) is 27.7 Å². The number of fused-ring (bicyclic) bond motifs is 1. The van der Waals surface area contributed by atoms with Crippen molar-refractivity contribution in [1.82, 2.24) is 19.7 Å². The summed E-state index contributed by atoms with van der Waals surface area (Å²) in [6, 6.07) is 5.39. The van der Waals surface area contributed by atoms with Gasteiger partial charge in [-0.1, -0.05) is 6.07 Å². The van der Waals surface area contributed by atoms with E-state index < -0.39 is 0 Å². The number of aliphatic hydroxyl groups excluding tert-OH is 1. The van der Waals surface area contributed by atoms with Crippen molar-refractivity contribution in [2.45, 2.75) is 12.8 Å². The number of benzene rings is 1. The lowest BCUT2D eigenvalue weighted by molar-refractivity contribution is 0.0783. The fraction of sp³-hybridized carbons (Fsp3) is 0.389. The Bertz CT molecular complexity index is 929. The van der Waals surface area contributed by atoms with Gasteiger partial charge in [0.25, 0.3) is 5.91 Å². The summed E-state index contributed by atoms with van der Waals surface area (Å²) in [4.78, 5) is 19.2. The molecule has 4 rings (SSSR count). The molecule has 1 saturated heterocycles. The summed E-state index contributed by atoms with van der Waals surface area (Å²) in [6.07, 6.45) is 3.76. The molecule has 3 aromatic rings. The van der Waals surface area contributed by atoms with Crippen LogP contribution in [-0.4, -0.2) is 50.4 Å². The number of carbonyl (C=O) groups is 1. The predicted molar refractivity (Wildman–Crippen MR) is 91.2 cm³/mol. The third-order valence-electron chi connectivity index (χ3n) is 4.87. The standard InChI is InChI=1S/C18H20N4O3/c1-11-20-17-14(4-3-5-16(17)25-11)18(24)22-8-13(10-23)15(9-22)12-6-19-21(2)7-12/h3-7,13,15,23H,8-10H2,1-2H3/t13-,15-/m0/s1. The quantitative estimate of drug-likeness (QED) is 0.785. The number of aryl methyl sites for hydroxylation is 2. The van der Waals surface area contributed by atoms with Crippen LogP contribution < -0.4 is 0 Å². The minimum absolute atomic E-state index is 0.00592. The highest BCUT2D eigenvalue weighted by Gasteiger charge is 2.37. The molecule has 7 nitrogen and oxygen atoms in total. The molecular formula is C18H20N4O3. The monoisotopic (exact) mass is 340 g/mol. The molecule has 0 saturated carbocycles. The first-order valence-corrected chi connectivity index (χ1v) is 8.31. The van der Waals surface area contributed by atoms with E-state index in [9.17, 15) is 9.90 Å². The Kier molecular flexibility index (Phi) is 3.80. The molecule has 1 N–H and O–H groups in total. The molecule has 2 atom stereocenters. The molecule has 130 valence electrons. The average Bonchev–Trinajstić information content (AvgIpc) is 3.29. The van der Waals surface area contributed by atoms with Crippen molar-refractivity contribution in [2.24, 2.45) is 13.0 Å². The van der Waals surface area contributed by atoms with E-state index in [1.165, 1.54) is 0 Å². The summed E-state index contributed by atoms with van der Waals surface area (Å²) in [5.74, 6) is 0.550. The van der Waals surface area contributed by atoms with E-state index in [1.54, 1.807) is 28.6 Å². The molecule has 1 aliphatic heterocycles. The van der Waals surface area contributed by atoms with Gasteiger partial charge in [0.15, 0.2) is 11.5 Å². The van der Waals surface area contributed by atoms with Crippen molar-refractivity contribution in [3.8, 4) is 0 Å². The molecule has 0 radical (unpaired) electrons. The molecule has 0 bridgehead atoms. The molecule has 0 aliphatic carbocycles. The van der Waals surface area contributed by atoms with Crippen LogP contribution in [-0.2, 0) is 7.05 Å². The van der Waals surface area contributed by atoms with Crippen LogP contribution in [0.5, 0.6) is 0 Å². The first-order valence-electron chi connectivity index (χ1n) is 8.31. The Morgan fingerprint density at radius 2 is 2.24 bits per heavy atom. The third kappa shape index (κ3) is 2.70. The molecule has 1 amide bonds. The highest BCUT2D eigenvalue weighted by Crippen LogP contribution is 2.33. The Balaban J connectivity index is 1.64. The van der Waals surface area contributed by atoms with Crippen LogP contribution in [0.2, 0.25) is 0 Å². The first-order chi connectivity index (χ1) is 12.1. The highest BCUT2D eigenvalue weighted by atomic mass is 16.3. The minimum atomic E-state index is -0.0799. The minimum Gasteiger partial charge on any atom is -0.441 e. The van der Waals surface area contributed by atoms with E-state index in [0.717, 1.165) is 5.56 Å². The molecular weight excluding hydrogens is 320 g/mol. The van der Waals surface area contributed by atoms with Gasteiger partial charge in [-0.2, -0.15) is 5.10 Å². The number of nitrogens with zero attached hydrogens (tertiary/aromatic N) is 4. The maximum Gasteiger partial charge on any atom is 0.256 e. The fourth-order valence-corrected chi connectivity index (χ4v) is 3.63. The van der Waals surface area contributed by atoms with Gasteiger partial charge in [0.05, 0.1) is 11.8 Å². The van der Waals surface area contributed by atoms with E-state index in [1.807, 2.05) is 25.5 Å². The zero-order valence-corrected chi connectivity index (χ0v) is 14.2. The smallest absolute Gasteiger partial charge is 0.256 e. The summed E-state index contributed by atoms with van der Waals surface area (Å²) >= 11 is 0. The summed E-state index contributed by atoms with van der Waals surface area (Å²) in [6.45, 7) is 2.88. The van der Waals surface area contributed by atoms with E-state index in [2.05, 4.69) is 10.1 Å². The molecule has 3 heterocycles. The number of carbonyl (C=O) groups excluding carboxylic acids is 1. The number of amides is 1. The van der Waals surface area contributed by atoms with Gasteiger partial charge in [-0.25, -0.2) is 4.98 Å². The third-order valence-corrected chi connectivity index (χ3v) is 4.87. The van der Waals surface area contributed by atoms with Crippen molar-refractivity contribution in [3.63, 3.8) is 0 Å². The van der Waals surface area contributed by atoms with Gasteiger partial charge in [-0.3, -0.25) is 9.48 Å². The lowest BCUT2D eigenvalue weighted by Crippen LogP contribution is -2.29. The van der Waals surface area contributed by atoms with Crippen LogP contribution in [0, 0.1) is 12.8 Å². The second-order valence-electron chi connectivity index (χ2n) is 6.59. The summed E-state index contributed by atoms with van der Waals surface area (Å²) in [5, 5.41) is 14.0. The maximum absolute atomic E-state index is 13.1. The molecule has 7 heteroatoms. The Morgan fingerprint density at radius 1 is 1.40 bits per heavy atom. The zero-order chi connectivity index (χ0) is 17.6. The van der Waals surface area contributed by atoms with Gasteiger partial charge in [0, 0.05) is 51.7 Å². The summed E-state index contributed by atoms with van der Waals surface area (Å²) in [7, 11) is 1.86. The molecule has 0 spiro atoms. The van der Waals surface area contributed by atoms with Gasteiger partial charge in [0.1, 0.15) is 5.52 Å². The van der Waals surface area contributed by atoms with Crippen molar-refractivity contribution >= 4 is 17.0 Å². The lowest BCUT2D eigenvalue weighted by Gasteiger charge is -2.16. The summed E-state index contributed by atoms with van der Waals surface area (Å²) in [5.41, 5.74) is 2.80. The number of hydrogen-bond acceptors (Lipinski definition) is 5. The lowest BCUT2D eigenvalue weighted by atomic mass is 9.92. The number of aromatic nitrogens is 3. The summed E-state index contributed by atoms with van der Waals surface area (Å²) < 4.78 is 7.27. The van der Waals surface area contributed by atoms with Gasteiger partial charge in [-0.15, -0.1) is 0 Å².